The summed E-state index contributed by atoms with van der Waals surface area (Å²) in [5.74, 6) is -2.48. The predicted octanol–water partition coefficient (Wildman–Crippen LogP) is 6.36. The number of alkyl halides is 1. The molecule has 1 aliphatic rings. The van der Waals surface area contributed by atoms with Crippen LogP contribution in [0.2, 0.25) is 0 Å². The Balaban J connectivity index is 1.80. The van der Waals surface area contributed by atoms with Crippen molar-refractivity contribution in [1.29, 1.82) is 0 Å². The minimum Gasteiger partial charge on any atom is -0.479 e. The Morgan fingerprint density at radius 3 is 2.48 bits per heavy atom. The van der Waals surface area contributed by atoms with Gasteiger partial charge in [0.25, 0.3) is 0 Å². The zero-order valence-corrected chi connectivity index (χ0v) is 18.3. The number of carbonyl (C=O) groups is 1. The number of benzene rings is 2. The van der Waals surface area contributed by atoms with E-state index in [2.05, 4.69) is 10.2 Å². The van der Waals surface area contributed by atoms with Gasteiger partial charge in [0.1, 0.15) is 11.3 Å². The van der Waals surface area contributed by atoms with E-state index in [0.717, 1.165) is 11.3 Å². The third kappa shape index (κ3) is 3.31. The first kappa shape index (κ1) is 21.6. The summed E-state index contributed by atoms with van der Waals surface area (Å²) in [4.78, 5) is 11.4. The minimum atomic E-state index is -2.25. The van der Waals surface area contributed by atoms with E-state index in [1.165, 1.54) is 12.1 Å². The zero-order chi connectivity index (χ0) is 23.5. The average molecular weight is 455 g/mol. The lowest BCUT2D eigenvalue weighted by atomic mass is 9.75. The van der Waals surface area contributed by atoms with Crippen molar-refractivity contribution in [3.05, 3.63) is 59.4 Å². The summed E-state index contributed by atoms with van der Waals surface area (Å²) in [7, 11) is 0. The molecule has 5 rings (SSSR count). The molecule has 0 amide bonds. The summed E-state index contributed by atoms with van der Waals surface area (Å²) < 4.78 is 46.3. The molecule has 2 aromatic heterocycles. The molecule has 2 aromatic carbocycles. The lowest BCUT2D eigenvalue weighted by Gasteiger charge is -2.32. The van der Waals surface area contributed by atoms with Crippen LogP contribution >= 0.6 is 0 Å². The van der Waals surface area contributed by atoms with Gasteiger partial charge in [-0.2, -0.15) is 5.10 Å². The van der Waals surface area contributed by atoms with Crippen molar-refractivity contribution >= 4 is 27.8 Å². The molecule has 2 N–H and O–H groups in total. The molecule has 33 heavy (non-hydrogen) atoms. The highest BCUT2D eigenvalue weighted by atomic mass is 19.1. The largest absolute Gasteiger partial charge is 0.479 e. The highest BCUT2D eigenvalue weighted by Gasteiger charge is 2.44. The zero-order valence-electron chi connectivity index (χ0n) is 18.3. The van der Waals surface area contributed by atoms with E-state index in [1.54, 1.807) is 18.3 Å². The van der Waals surface area contributed by atoms with Gasteiger partial charge >= 0.3 is 5.97 Å². The summed E-state index contributed by atoms with van der Waals surface area (Å²) in [5, 5.41) is 17.0. The number of nitrogens with one attached hydrogen (secondary N) is 1. The number of hydrogen-bond donors (Lipinski definition) is 2. The van der Waals surface area contributed by atoms with Gasteiger partial charge in [0.2, 0.25) is 5.67 Å². The number of carboxylic acid groups (broad SMARTS) is 1. The molecule has 1 fully saturated rings. The Morgan fingerprint density at radius 2 is 1.88 bits per heavy atom. The van der Waals surface area contributed by atoms with Crippen molar-refractivity contribution in [2.75, 3.05) is 0 Å². The second-order valence-corrected chi connectivity index (χ2v) is 9.23. The summed E-state index contributed by atoms with van der Waals surface area (Å²) in [6, 6.07) is 7.89. The van der Waals surface area contributed by atoms with Gasteiger partial charge in [-0.3, -0.25) is 5.10 Å². The topological polar surface area (TPSA) is 70.9 Å². The number of aliphatic carboxylic acids is 1. The molecule has 1 saturated carbocycles. The Kier molecular flexibility index (Phi) is 4.99. The second-order valence-electron chi connectivity index (χ2n) is 9.23. The Hall–Kier alpha value is -3.29. The average Bonchev–Trinajstić information content (AvgIpc) is 3.38. The fourth-order valence-corrected chi connectivity index (χ4v) is 5.28. The van der Waals surface area contributed by atoms with Crippen molar-refractivity contribution in [3.63, 3.8) is 0 Å². The van der Waals surface area contributed by atoms with Gasteiger partial charge in [-0.05, 0) is 73.4 Å². The van der Waals surface area contributed by atoms with Crippen LogP contribution in [0.5, 0.6) is 0 Å². The van der Waals surface area contributed by atoms with E-state index < -0.39 is 17.5 Å². The minimum absolute atomic E-state index is 0.0233. The first-order valence-electron chi connectivity index (χ1n) is 11.1. The molecule has 5 nitrogen and oxygen atoms in total. The van der Waals surface area contributed by atoms with Crippen LogP contribution in [0, 0.1) is 11.6 Å². The van der Waals surface area contributed by atoms with Crippen molar-refractivity contribution in [3.8, 4) is 5.69 Å². The Morgan fingerprint density at radius 1 is 1.21 bits per heavy atom. The standard InChI is InChI=1S/C25H24F3N3O2/c1-13(2)23-19(14-7-9-25(28,10-8-14)24(32)33)20-18(11-15-12-29-30-22(15)21(20)27)31(23)17-5-3-16(26)4-6-17/h3-6,11-14H,7-10H2,1-2H3,(H,29,30)(H,32,33)/t14-,25+. The molecule has 0 unspecified atom stereocenters. The van der Waals surface area contributed by atoms with Gasteiger partial charge in [0.05, 0.1) is 11.7 Å². The maximum atomic E-state index is 15.9. The number of H-pyrrole nitrogens is 1. The molecule has 2 heterocycles. The first-order valence-corrected chi connectivity index (χ1v) is 11.1. The number of hydrogen-bond acceptors (Lipinski definition) is 2. The van der Waals surface area contributed by atoms with Crippen LogP contribution in [0.1, 0.15) is 62.6 Å². The van der Waals surface area contributed by atoms with Gasteiger partial charge in [-0.15, -0.1) is 0 Å². The van der Waals surface area contributed by atoms with Gasteiger partial charge < -0.3 is 9.67 Å². The van der Waals surface area contributed by atoms with Gasteiger partial charge in [-0.1, -0.05) is 13.8 Å². The summed E-state index contributed by atoms with van der Waals surface area (Å²) in [6.07, 6.45) is 1.90. The number of nitrogens with zero attached hydrogens (tertiary/aromatic N) is 2. The smallest absolute Gasteiger partial charge is 0.341 e. The van der Waals surface area contributed by atoms with Crippen molar-refractivity contribution in [1.82, 2.24) is 14.8 Å². The number of fused-ring (bicyclic) bond motifs is 2. The fraction of sp³-hybridized carbons (Fsp3) is 0.360. The molecule has 0 saturated heterocycles. The van der Waals surface area contributed by atoms with E-state index >= 15 is 4.39 Å². The fourth-order valence-electron chi connectivity index (χ4n) is 5.28. The van der Waals surface area contributed by atoms with E-state index in [9.17, 15) is 18.7 Å². The van der Waals surface area contributed by atoms with E-state index in [0.29, 0.717) is 34.8 Å². The Labute approximate surface area is 188 Å². The third-order valence-electron chi connectivity index (χ3n) is 6.88. The highest BCUT2D eigenvalue weighted by molar-refractivity contribution is 5.99. The van der Waals surface area contributed by atoms with Crippen LogP contribution in [0.15, 0.2) is 36.5 Å². The lowest BCUT2D eigenvalue weighted by Crippen LogP contribution is -2.37. The highest BCUT2D eigenvalue weighted by Crippen LogP contribution is 2.48. The van der Waals surface area contributed by atoms with Gasteiger partial charge in [0, 0.05) is 22.2 Å². The van der Waals surface area contributed by atoms with Crippen molar-refractivity contribution < 1.29 is 23.1 Å². The number of aromatic nitrogens is 3. The van der Waals surface area contributed by atoms with Crippen LogP contribution in [0.4, 0.5) is 13.2 Å². The maximum absolute atomic E-state index is 15.9. The Bertz CT molecular complexity index is 1360. The monoisotopic (exact) mass is 455 g/mol. The normalized spacial score (nSPS) is 21.3. The molecule has 8 heteroatoms. The van der Waals surface area contributed by atoms with Crippen LogP contribution in [0.25, 0.3) is 27.5 Å². The van der Waals surface area contributed by atoms with E-state index in [4.69, 9.17) is 0 Å². The molecule has 0 aliphatic heterocycles. The van der Waals surface area contributed by atoms with E-state index in [-0.39, 0.29) is 36.0 Å². The van der Waals surface area contributed by atoms with Crippen LogP contribution in [0.3, 0.4) is 0 Å². The van der Waals surface area contributed by atoms with Crippen LogP contribution < -0.4 is 0 Å². The predicted molar refractivity (Wildman–Crippen MR) is 120 cm³/mol. The van der Waals surface area contributed by atoms with Crippen LogP contribution in [-0.4, -0.2) is 31.5 Å². The second kappa shape index (κ2) is 7.64. The number of aromatic amines is 1. The lowest BCUT2D eigenvalue weighted by molar-refractivity contribution is -0.153. The summed E-state index contributed by atoms with van der Waals surface area (Å²) >= 11 is 0. The summed E-state index contributed by atoms with van der Waals surface area (Å²) in [5.41, 5.74) is 0.991. The van der Waals surface area contributed by atoms with Crippen molar-refractivity contribution in [2.24, 2.45) is 0 Å². The van der Waals surface area contributed by atoms with Crippen LogP contribution in [-0.2, 0) is 4.79 Å². The molecule has 0 radical (unpaired) electrons. The van der Waals surface area contributed by atoms with Gasteiger partial charge in [0.15, 0.2) is 5.82 Å². The quantitative estimate of drug-likeness (QED) is 0.376. The molecule has 1 aliphatic carbocycles. The number of halogens is 3. The SMILES string of the molecule is CC(C)c1c([C@H]2CC[C@](F)(C(=O)O)CC2)c2c(F)c3[nH]ncc3cc2n1-c1ccc(F)cc1. The molecule has 0 bridgehead atoms. The molecular weight excluding hydrogens is 431 g/mol. The molecule has 4 aromatic rings. The number of rotatable bonds is 4. The van der Waals surface area contributed by atoms with Crippen molar-refractivity contribution in [2.45, 2.75) is 57.0 Å². The third-order valence-corrected chi connectivity index (χ3v) is 6.88. The first-order chi connectivity index (χ1) is 15.7. The molecule has 0 spiro atoms. The molecule has 0 atom stereocenters. The molecular formula is C25H24F3N3O2. The maximum Gasteiger partial charge on any atom is 0.341 e. The molecule has 172 valence electrons. The number of carboxylic acids is 1. The van der Waals surface area contributed by atoms with Gasteiger partial charge in [-0.25, -0.2) is 18.0 Å². The summed E-state index contributed by atoms with van der Waals surface area (Å²) in [6.45, 7) is 4.01. The van der Waals surface area contributed by atoms with E-state index in [1.807, 2.05) is 24.5 Å².